The van der Waals surface area contributed by atoms with Gasteiger partial charge in [-0.2, -0.15) is 92.2 Å². The molecule has 0 saturated carbocycles. The molecule has 0 aromatic carbocycles. The van der Waals surface area contributed by atoms with Crippen LogP contribution in [0.1, 0.15) is 26.2 Å². The van der Waals surface area contributed by atoms with E-state index in [9.17, 15) is 101 Å². The van der Waals surface area contributed by atoms with Gasteiger partial charge in [0.1, 0.15) is 0 Å². The van der Waals surface area contributed by atoms with Crippen molar-refractivity contribution in [2.24, 2.45) is 0 Å². The molecule has 240 valence electrons. The van der Waals surface area contributed by atoms with Crippen molar-refractivity contribution in [3.8, 4) is 0 Å². The molecule has 0 aliphatic rings. The fraction of sp³-hybridized carbons (Fsp3) is 0.938. The number of hydrogen-bond acceptors (Lipinski definition) is 1. The first kappa shape index (κ1) is 37.9. The SMILES string of the molecule is CCCCC(F)(C(=O)O)C(F)(F)C(F)(F)C(F)(F)C(F)(F)C(F)(F)C(F)(F)C(F)(F)C(F)(F)C(F)(F)C(F)(F)F. The minimum absolute atomic E-state index is 0.663. The number of carboxylic acid groups (broad SMARTS) is 1. The Balaban J connectivity index is 7.31. The topological polar surface area (TPSA) is 37.3 Å². The Hall–Kier alpha value is -2.07. The maximum Gasteiger partial charge on any atom is 0.460 e. The number of alkyl halides is 22. The predicted molar refractivity (Wildman–Crippen MR) is 81.6 cm³/mol. The van der Waals surface area contributed by atoms with Crippen LogP contribution in [0.3, 0.4) is 0 Å². The Bertz CT molecular complexity index is 934. The Morgan fingerprint density at radius 3 is 0.875 bits per heavy atom. The van der Waals surface area contributed by atoms with Gasteiger partial charge >= 0.3 is 65.4 Å². The van der Waals surface area contributed by atoms with Gasteiger partial charge in [-0.1, -0.05) is 13.3 Å². The molecule has 0 rings (SSSR count). The number of halogens is 22. The summed E-state index contributed by atoms with van der Waals surface area (Å²) in [6.45, 7) is 0.849. The third-order valence-corrected chi connectivity index (χ3v) is 5.22. The summed E-state index contributed by atoms with van der Waals surface area (Å²) in [5, 5.41) is 8.42. The fourth-order valence-electron chi connectivity index (χ4n) is 2.63. The number of aliphatic carboxylic acids is 1. The molecule has 0 aromatic heterocycles. The Morgan fingerprint density at radius 2 is 0.675 bits per heavy atom. The maximum absolute atomic E-state index is 14.3. The molecular formula is C16H10F22O2. The van der Waals surface area contributed by atoms with Gasteiger partial charge in [0, 0.05) is 0 Å². The molecular weight excluding hydrogens is 642 g/mol. The van der Waals surface area contributed by atoms with E-state index in [0.717, 1.165) is 6.92 Å². The van der Waals surface area contributed by atoms with Crippen LogP contribution in [0.5, 0.6) is 0 Å². The highest BCUT2D eigenvalue weighted by molar-refractivity contribution is 5.79. The zero-order valence-electron chi connectivity index (χ0n) is 18.3. The normalized spacial score (nSPS) is 17.6. The molecule has 0 spiro atoms. The van der Waals surface area contributed by atoms with Crippen molar-refractivity contribution in [1.29, 1.82) is 0 Å². The van der Waals surface area contributed by atoms with Crippen LogP contribution in [0.15, 0.2) is 0 Å². The Kier molecular flexibility index (Phi) is 9.24. The molecule has 1 atom stereocenters. The zero-order chi connectivity index (χ0) is 33.2. The molecule has 0 heterocycles. The van der Waals surface area contributed by atoms with E-state index in [0.29, 0.717) is 0 Å². The standard InChI is InChI=1S/C16H10F22O2/c1-2-3-4-6(17,5(39)40)7(18,19)8(20,21)9(22,23)10(24,25)11(26,27)12(28,29)13(30,31)14(32,33)15(34,35)16(36,37)38/h2-4H2,1H3,(H,39,40). The maximum atomic E-state index is 14.3. The lowest BCUT2D eigenvalue weighted by Crippen LogP contribution is -2.78. The monoisotopic (exact) mass is 652 g/mol. The van der Waals surface area contributed by atoms with E-state index >= 15 is 0 Å². The van der Waals surface area contributed by atoms with Crippen LogP contribution in [0.25, 0.3) is 0 Å². The first-order valence-corrected chi connectivity index (χ1v) is 9.40. The van der Waals surface area contributed by atoms with Crippen molar-refractivity contribution < 1.29 is 106 Å². The largest absolute Gasteiger partial charge is 0.479 e. The van der Waals surface area contributed by atoms with Crippen molar-refractivity contribution in [3.63, 3.8) is 0 Å². The molecule has 2 nitrogen and oxygen atoms in total. The van der Waals surface area contributed by atoms with Crippen LogP contribution in [0.2, 0.25) is 0 Å². The highest BCUT2D eigenvalue weighted by Gasteiger charge is 2.98. The molecule has 0 fully saturated rings. The second-order valence-electron chi connectivity index (χ2n) is 7.88. The molecule has 1 unspecified atom stereocenters. The fourth-order valence-corrected chi connectivity index (χ4v) is 2.63. The average Bonchev–Trinajstić information content (AvgIpc) is 2.74. The minimum Gasteiger partial charge on any atom is -0.479 e. The van der Waals surface area contributed by atoms with E-state index < -0.39 is 90.4 Å². The molecule has 0 aliphatic heterocycles. The van der Waals surface area contributed by atoms with Gasteiger partial charge in [0.15, 0.2) is 0 Å². The van der Waals surface area contributed by atoms with Crippen LogP contribution in [0, 0.1) is 0 Å². The van der Waals surface area contributed by atoms with Gasteiger partial charge in [-0.15, -0.1) is 0 Å². The molecule has 0 saturated heterocycles. The summed E-state index contributed by atoms with van der Waals surface area (Å²) in [6.07, 6.45) is -12.6. The Morgan fingerprint density at radius 1 is 0.450 bits per heavy atom. The minimum atomic E-state index is -9.39. The lowest BCUT2D eigenvalue weighted by molar-refractivity contribution is -0.476. The molecule has 0 radical (unpaired) electrons. The van der Waals surface area contributed by atoms with Crippen molar-refractivity contribution in [1.82, 2.24) is 0 Å². The smallest absolute Gasteiger partial charge is 0.460 e. The molecule has 0 bridgehead atoms. The molecule has 24 heteroatoms. The number of hydrogen-bond donors (Lipinski definition) is 1. The number of carbonyl (C=O) groups is 1. The predicted octanol–water partition coefficient (Wildman–Crippen LogP) is 8.25. The molecule has 0 amide bonds. The quantitative estimate of drug-likeness (QED) is 0.204. The van der Waals surface area contributed by atoms with Gasteiger partial charge in [-0.25, -0.2) is 9.18 Å². The molecule has 40 heavy (non-hydrogen) atoms. The van der Waals surface area contributed by atoms with Crippen molar-refractivity contribution in [3.05, 3.63) is 0 Å². The van der Waals surface area contributed by atoms with Crippen molar-refractivity contribution >= 4 is 5.97 Å². The summed E-state index contributed by atoms with van der Waals surface area (Å²) in [4.78, 5) is 10.7. The van der Waals surface area contributed by atoms with E-state index in [2.05, 4.69) is 0 Å². The van der Waals surface area contributed by atoms with E-state index in [1.165, 1.54) is 0 Å². The number of unbranched alkanes of at least 4 members (excludes halogenated alkanes) is 1. The summed E-state index contributed by atoms with van der Waals surface area (Å²) >= 11 is 0. The Labute approximate surface area is 205 Å². The van der Waals surface area contributed by atoms with E-state index in [4.69, 9.17) is 5.11 Å². The van der Waals surface area contributed by atoms with Crippen LogP contribution >= 0.6 is 0 Å². The first-order valence-electron chi connectivity index (χ1n) is 9.40. The van der Waals surface area contributed by atoms with E-state index in [1.54, 1.807) is 0 Å². The van der Waals surface area contributed by atoms with Gasteiger partial charge in [0.05, 0.1) is 0 Å². The van der Waals surface area contributed by atoms with Gasteiger partial charge < -0.3 is 5.11 Å². The van der Waals surface area contributed by atoms with E-state index in [-0.39, 0.29) is 0 Å². The van der Waals surface area contributed by atoms with Crippen LogP contribution in [-0.4, -0.2) is 76.2 Å². The summed E-state index contributed by atoms with van der Waals surface area (Å²) in [7, 11) is 0. The van der Waals surface area contributed by atoms with Gasteiger partial charge in [0.25, 0.3) is 5.67 Å². The lowest BCUT2D eigenvalue weighted by Gasteiger charge is -2.45. The van der Waals surface area contributed by atoms with Crippen LogP contribution < -0.4 is 0 Å². The average molecular weight is 652 g/mol. The van der Waals surface area contributed by atoms with Crippen LogP contribution in [0.4, 0.5) is 96.6 Å². The van der Waals surface area contributed by atoms with Crippen molar-refractivity contribution in [2.45, 2.75) is 91.3 Å². The van der Waals surface area contributed by atoms with Gasteiger partial charge in [0.2, 0.25) is 0 Å². The molecule has 0 aromatic rings. The second-order valence-corrected chi connectivity index (χ2v) is 7.88. The highest BCUT2D eigenvalue weighted by atomic mass is 19.4. The third-order valence-electron chi connectivity index (χ3n) is 5.22. The van der Waals surface area contributed by atoms with Crippen LogP contribution in [-0.2, 0) is 4.79 Å². The highest BCUT2D eigenvalue weighted by Crippen LogP contribution is 2.67. The van der Waals surface area contributed by atoms with E-state index in [1.807, 2.05) is 0 Å². The zero-order valence-corrected chi connectivity index (χ0v) is 18.3. The second kappa shape index (κ2) is 9.75. The summed E-state index contributed by atoms with van der Waals surface area (Å²) in [6, 6.07) is 0. The summed E-state index contributed by atoms with van der Waals surface area (Å²) < 4.78 is 294. The van der Waals surface area contributed by atoms with Crippen molar-refractivity contribution in [2.75, 3.05) is 0 Å². The first-order chi connectivity index (χ1) is 17.0. The summed E-state index contributed by atoms with van der Waals surface area (Å²) in [5.41, 5.74) is -6.14. The summed E-state index contributed by atoms with van der Waals surface area (Å²) in [5.74, 6) is -84.3. The molecule has 0 aliphatic carbocycles. The lowest BCUT2D eigenvalue weighted by atomic mass is 9.81. The number of carboxylic acids is 1. The third kappa shape index (κ3) is 4.48. The molecule has 1 N–H and O–H groups in total. The van der Waals surface area contributed by atoms with Gasteiger partial charge in [-0.3, -0.25) is 0 Å². The van der Waals surface area contributed by atoms with Gasteiger partial charge in [-0.05, 0) is 12.8 Å². The number of rotatable bonds is 13.